The summed E-state index contributed by atoms with van der Waals surface area (Å²) >= 11 is 0. The standard InChI is InChI=1S/C7H7N3O.ClH/c8-4-5-1-2-6(10-9)7(11)3-5;/h1-3,10-11H,9H2;1H. The van der Waals surface area contributed by atoms with Gasteiger partial charge in [0, 0.05) is 0 Å². The van der Waals surface area contributed by atoms with Crippen molar-refractivity contribution in [3.63, 3.8) is 0 Å². The molecule has 0 aromatic heterocycles. The van der Waals surface area contributed by atoms with Crippen LogP contribution in [0.4, 0.5) is 5.69 Å². The quantitative estimate of drug-likeness (QED) is 0.346. The summed E-state index contributed by atoms with van der Waals surface area (Å²) in [5, 5.41) is 17.5. The fourth-order valence-corrected chi connectivity index (χ4v) is 0.723. The number of nitrogen functional groups attached to an aromatic ring is 1. The average Bonchev–Trinajstić information content (AvgIpc) is 2.04. The van der Waals surface area contributed by atoms with Gasteiger partial charge < -0.3 is 10.5 Å². The number of nitriles is 1. The Kier molecular flexibility index (Phi) is 3.91. The van der Waals surface area contributed by atoms with Crippen LogP contribution < -0.4 is 11.3 Å². The molecular formula is C7H8ClN3O. The average molecular weight is 186 g/mol. The number of benzene rings is 1. The van der Waals surface area contributed by atoms with Gasteiger partial charge in [-0.2, -0.15) is 5.26 Å². The SMILES string of the molecule is Cl.N#Cc1ccc(NN)c(O)c1. The second-order valence-electron chi connectivity index (χ2n) is 1.99. The second kappa shape index (κ2) is 4.44. The minimum atomic E-state index is -0.0217. The number of phenolic OH excluding ortho intramolecular Hbond substituents is 1. The fourth-order valence-electron chi connectivity index (χ4n) is 0.723. The molecule has 1 aromatic carbocycles. The number of hydrogen-bond acceptors (Lipinski definition) is 4. The highest BCUT2D eigenvalue weighted by Crippen LogP contribution is 2.22. The van der Waals surface area contributed by atoms with Gasteiger partial charge in [-0.3, -0.25) is 5.84 Å². The molecule has 0 heterocycles. The molecule has 0 atom stereocenters. The smallest absolute Gasteiger partial charge is 0.141 e. The molecule has 1 aromatic rings. The van der Waals surface area contributed by atoms with Crippen LogP contribution in [0.3, 0.4) is 0 Å². The van der Waals surface area contributed by atoms with Gasteiger partial charge >= 0.3 is 0 Å². The Labute approximate surface area is 76.0 Å². The van der Waals surface area contributed by atoms with E-state index in [1.807, 2.05) is 6.07 Å². The molecule has 1 rings (SSSR count). The van der Waals surface area contributed by atoms with Gasteiger partial charge in [-0.1, -0.05) is 0 Å². The van der Waals surface area contributed by atoms with Gasteiger partial charge in [-0.25, -0.2) is 0 Å². The number of phenols is 1. The van der Waals surface area contributed by atoms with E-state index in [1.165, 1.54) is 12.1 Å². The topological polar surface area (TPSA) is 82.1 Å². The van der Waals surface area contributed by atoms with Crippen LogP contribution in [0.25, 0.3) is 0 Å². The van der Waals surface area contributed by atoms with Crippen LogP contribution >= 0.6 is 12.4 Å². The summed E-state index contributed by atoms with van der Waals surface area (Å²) in [6, 6.07) is 6.33. The molecule has 0 saturated carbocycles. The third-order valence-corrected chi connectivity index (χ3v) is 1.28. The first-order valence-electron chi connectivity index (χ1n) is 2.97. The van der Waals surface area contributed by atoms with Crippen molar-refractivity contribution in [2.45, 2.75) is 0 Å². The first-order chi connectivity index (χ1) is 5.27. The highest BCUT2D eigenvalue weighted by Gasteiger charge is 1.98. The molecule has 0 fully saturated rings. The molecule has 12 heavy (non-hydrogen) atoms. The van der Waals surface area contributed by atoms with Crippen molar-refractivity contribution in [1.82, 2.24) is 0 Å². The molecule has 0 saturated heterocycles. The highest BCUT2D eigenvalue weighted by molar-refractivity contribution is 5.85. The first kappa shape index (κ1) is 10.6. The zero-order valence-electron chi connectivity index (χ0n) is 6.11. The zero-order valence-corrected chi connectivity index (χ0v) is 6.93. The van der Waals surface area contributed by atoms with Crippen LogP contribution in [0.15, 0.2) is 18.2 Å². The third kappa shape index (κ3) is 2.02. The van der Waals surface area contributed by atoms with Crippen molar-refractivity contribution in [3.05, 3.63) is 23.8 Å². The van der Waals surface area contributed by atoms with E-state index in [0.717, 1.165) is 0 Å². The molecule has 5 heteroatoms. The number of hydrazine groups is 1. The van der Waals surface area contributed by atoms with E-state index in [9.17, 15) is 0 Å². The van der Waals surface area contributed by atoms with Crippen molar-refractivity contribution in [2.24, 2.45) is 5.84 Å². The molecule has 4 N–H and O–H groups in total. The lowest BCUT2D eigenvalue weighted by Gasteiger charge is -2.01. The summed E-state index contributed by atoms with van der Waals surface area (Å²) in [5.74, 6) is 5.03. The molecule has 0 aliphatic rings. The number of rotatable bonds is 1. The van der Waals surface area contributed by atoms with Crippen molar-refractivity contribution in [1.29, 1.82) is 5.26 Å². The largest absolute Gasteiger partial charge is 0.506 e. The number of nitrogens with two attached hydrogens (primary N) is 1. The number of aromatic hydroxyl groups is 1. The predicted octanol–water partition coefficient (Wildman–Crippen LogP) is 0.971. The van der Waals surface area contributed by atoms with Crippen LogP contribution in [-0.2, 0) is 0 Å². The monoisotopic (exact) mass is 185 g/mol. The molecule has 0 bridgehead atoms. The number of nitrogens with one attached hydrogen (secondary N) is 1. The fraction of sp³-hybridized carbons (Fsp3) is 0. The number of hydrogen-bond donors (Lipinski definition) is 3. The van der Waals surface area contributed by atoms with Gasteiger partial charge in [0.2, 0.25) is 0 Å². The minimum Gasteiger partial charge on any atom is -0.506 e. The van der Waals surface area contributed by atoms with Crippen LogP contribution in [0.5, 0.6) is 5.75 Å². The Morgan fingerprint density at radius 3 is 2.58 bits per heavy atom. The minimum absolute atomic E-state index is 0. The van der Waals surface area contributed by atoms with Crippen LogP contribution in [0, 0.1) is 11.3 Å². The summed E-state index contributed by atoms with van der Waals surface area (Å²) in [6.45, 7) is 0. The Hall–Kier alpha value is -1.44. The van der Waals surface area contributed by atoms with Crippen molar-refractivity contribution in [3.8, 4) is 11.8 Å². The molecule has 0 aliphatic heterocycles. The summed E-state index contributed by atoms with van der Waals surface area (Å²) in [4.78, 5) is 0. The van der Waals surface area contributed by atoms with Crippen LogP contribution in [0.1, 0.15) is 5.56 Å². The number of halogens is 1. The molecule has 64 valence electrons. The molecule has 0 aliphatic carbocycles. The molecule has 0 unspecified atom stereocenters. The van der Waals surface area contributed by atoms with E-state index in [0.29, 0.717) is 11.3 Å². The summed E-state index contributed by atoms with van der Waals surface area (Å²) in [5.41, 5.74) is 3.10. The maximum atomic E-state index is 9.13. The van der Waals surface area contributed by atoms with Crippen molar-refractivity contribution < 1.29 is 5.11 Å². The lowest BCUT2D eigenvalue weighted by molar-refractivity contribution is 0.477. The molecular weight excluding hydrogens is 178 g/mol. The van der Waals surface area contributed by atoms with E-state index in [1.54, 1.807) is 6.07 Å². The van der Waals surface area contributed by atoms with Gasteiger partial charge in [-0.15, -0.1) is 12.4 Å². The lowest BCUT2D eigenvalue weighted by atomic mass is 10.2. The second-order valence-corrected chi connectivity index (χ2v) is 1.99. The summed E-state index contributed by atoms with van der Waals surface area (Å²) in [6.07, 6.45) is 0. The van der Waals surface area contributed by atoms with Gasteiger partial charge in [0.1, 0.15) is 5.75 Å². The Balaban J connectivity index is 0.00000121. The van der Waals surface area contributed by atoms with E-state index >= 15 is 0 Å². The Morgan fingerprint density at radius 1 is 1.50 bits per heavy atom. The summed E-state index contributed by atoms with van der Waals surface area (Å²) < 4.78 is 0. The maximum Gasteiger partial charge on any atom is 0.141 e. The predicted molar refractivity (Wildman–Crippen MR) is 47.9 cm³/mol. The number of nitrogens with zero attached hydrogens (tertiary/aromatic N) is 1. The van der Waals surface area contributed by atoms with E-state index in [2.05, 4.69) is 5.43 Å². The van der Waals surface area contributed by atoms with Crippen molar-refractivity contribution >= 4 is 18.1 Å². The third-order valence-electron chi connectivity index (χ3n) is 1.28. The van der Waals surface area contributed by atoms with Gasteiger partial charge in [0.25, 0.3) is 0 Å². The van der Waals surface area contributed by atoms with Crippen LogP contribution in [-0.4, -0.2) is 5.11 Å². The summed E-state index contributed by atoms with van der Waals surface area (Å²) in [7, 11) is 0. The zero-order chi connectivity index (χ0) is 8.27. The van der Waals surface area contributed by atoms with Gasteiger partial charge in [-0.05, 0) is 18.2 Å². The lowest BCUT2D eigenvalue weighted by Crippen LogP contribution is -2.06. The van der Waals surface area contributed by atoms with Crippen molar-refractivity contribution in [2.75, 3.05) is 5.43 Å². The molecule has 0 spiro atoms. The highest BCUT2D eigenvalue weighted by atomic mass is 35.5. The number of anilines is 1. The molecule has 4 nitrogen and oxygen atoms in total. The Morgan fingerprint density at radius 2 is 2.17 bits per heavy atom. The molecule has 0 radical (unpaired) electrons. The van der Waals surface area contributed by atoms with Gasteiger partial charge in [0.05, 0.1) is 17.3 Å². The first-order valence-corrected chi connectivity index (χ1v) is 2.97. The van der Waals surface area contributed by atoms with E-state index in [4.69, 9.17) is 16.2 Å². The van der Waals surface area contributed by atoms with Crippen LogP contribution in [0.2, 0.25) is 0 Å². The Bertz CT molecular complexity index is 308. The van der Waals surface area contributed by atoms with E-state index < -0.39 is 0 Å². The maximum absolute atomic E-state index is 9.13. The molecule has 0 amide bonds. The normalized spacial score (nSPS) is 8.00. The van der Waals surface area contributed by atoms with E-state index in [-0.39, 0.29) is 18.2 Å². The van der Waals surface area contributed by atoms with Gasteiger partial charge in [0.15, 0.2) is 0 Å².